The summed E-state index contributed by atoms with van der Waals surface area (Å²) in [6.07, 6.45) is 4.59. The number of carbonyl (C=O) groups excluding carboxylic acids is 1. The highest BCUT2D eigenvalue weighted by Gasteiger charge is 2.17. The standard InChI is InChI=1S/C16H20N4O/c1-20-14-10-6-5-9-13(14)19-15(20)11-17-16(21)18-12-7-3-2-4-8-12/h2-4,7-8H,5-6,9-11H2,1H3,(H2,17,18,21). The molecule has 0 spiro atoms. The van der Waals surface area contributed by atoms with Crippen molar-refractivity contribution >= 4 is 11.7 Å². The molecule has 1 aliphatic carbocycles. The van der Waals surface area contributed by atoms with Crippen molar-refractivity contribution in [3.63, 3.8) is 0 Å². The van der Waals surface area contributed by atoms with E-state index in [4.69, 9.17) is 0 Å². The molecule has 1 aromatic heterocycles. The minimum Gasteiger partial charge on any atom is -0.333 e. The normalized spacial score (nSPS) is 13.6. The first-order chi connectivity index (χ1) is 10.2. The summed E-state index contributed by atoms with van der Waals surface area (Å²) in [4.78, 5) is 16.5. The molecule has 2 amide bonds. The van der Waals surface area contributed by atoms with Gasteiger partial charge in [-0.1, -0.05) is 18.2 Å². The van der Waals surface area contributed by atoms with E-state index in [1.165, 1.54) is 24.2 Å². The van der Waals surface area contributed by atoms with Gasteiger partial charge >= 0.3 is 6.03 Å². The van der Waals surface area contributed by atoms with Crippen LogP contribution >= 0.6 is 0 Å². The Labute approximate surface area is 124 Å². The molecule has 2 aromatic rings. The van der Waals surface area contributed by atoms with Gasteiger partial charge in [0.1, 0.15) is 5.82 Å². The molecular formula is C16H20N4O. The molecule has 0 bridgehead atoms. The van der Waals surface area contributed by atoms with Crippen LogP contribution in [0.2, 0.25) is 0 Å². The lowest BCUT2D eigenvalue weighted by Gasteiger charge is -2.11. The van der Waals surface area contributed by atoms with Crippen LogP contribution in [0.4, 0.5) is 10.5 Å². The first-order valence-corrected chi connectivity index (χ1v) is 7.37. The van der Waals surface area contributed by atoms with E-state index in [9.17, 15) is 4.79 Å². The molecule has 1 aliphatic rings. The van der Waals surface area contributed by atoms with Crippen molar-refractivity contribution in [3.05, 3.63) is 47.5 Å². The second kappa shape index (κ2) is 5.99. The Hall–Kier alpha value is -2.30. The summed E-state index contributed by atoms with van der Waals surface area (Å²) in [7, 11) is 2.03. The molecule has 5 nitrogen and oxygen atoms in total. The van der Waals surface area contributed by atoms with Gasteiger partial charge in [-0.2, -0.15) is 0 Å². The number of aryl methyl sites for hydroxylation is 1. The Bertz CT molecular complexity index is 633. The fourth-order valence-corrected chi connectivity index (χ4v) is 2.76. The number of urea groups is 1. The molecular weight excluding hydrogens is 264 g/mol. The highest BCUT2D eigenvalue weighted by molar-refractivity contribution is 5.89. The Kier molecular flexibility index (Phi) is 3.90. The number of nitrogens with zero attached hydrogens (tertiary/aromatic N) is 2. The Morgan fingerprint density at radius 1 is 1.24 bits per heavy atom. The molecule has 110 valence electrons. The summed E-state index contributed by atoms with van der Waals surface area (Å²) in [5, 5.41) is 5.67. The van der Waals surface area contributed by atoms with Crippen molar-refractivity contribution in [2.75, 3.05) is 5.32 Å². The first kappa shape index (κ1) is 13.7. The number of imidazole rings is 1. The maximum atomic E-state index is 11.9. The lowest BCUT2D eigenvalue weighted by Crippen LogP contribution is -2.29. The zero-order valence-corrected chi connectivity index (χ0v) is 12.2. The minimum atomic E-state index is -0.206. The summed E-state index contributed by atoms with van der Waals surface area (Å²) in [6.45, 7) is 0.447. The number of benzene rings is 1. The monoisotopic (exact) mass is 284 g/mol. The summed E-state index contributed by atoms with van der Waals surface area (Å²) >= 11 is 0. The number of para-hydroxylation sites is 1. The number of nitrogens with one attached hydrogen (secondary N) is 2. The van der Waals surface area contributed by atoms with E-state index in [0.717, 1.165) is 24.4 Å². The van der Waals surface area contributed by atoms with Crippen LogP contribution in [0.25, 0.3) is 0 Å². The van der Waals surface area contributed by atoms with Crippen LogP contribution in [0.3, 0.4) is 0 Å². The average molecular weight is 284 g/mol. The second-order valence-electron chi connectivity index (χ2n) is 5.36. The number of carbonyl (C=O) groups is 1. The second-order valence-corrected chi connectivity index (χ2v) is 5.36. The summed E-state index contributed by atoms with van der Waals surface area (Å²) < 4.78 is 2.12. The van der Waals surface area contributed by atoms with Crippen molar-refractivity contribution in [2.24, 2.45) is 7.05 Å². The Balaban J connectivity index is 1.60. The van der Waals surface area contributed by atoms with Gasteiger partial charge in [0.2, 0.25) is 0 Å². The van der Waals surface area contributed by atoms with Gasteiger partial charge in [-0.05, 0) is 37.8 Å². The third-order valence-electron chi connectivity index (χ3n) is 3.91. The van der Waals surface area contributed by atoms with Crippen LogP contribution in [0.15, 0.2) is 30.3 Å². The minimum absolute atomic E-state index is 0.206. The molecule has 0 saturated carbocycles. The predicted molar refractivity (Wildman–Crippen MR) is 82.2 cm³/mol. The van der Waals surface area contributed by atoms with Crippen LogP contribution in [-0.4, -0.2) is 15.6 Å². The van der Waals surface area contributed by atoms with Gasteiger partial charge in [-0.25, -0.2) is 9.78 Å². The number of rotatable bonds is 3. The van der Waals surface area contributed by atoms with Crippen molar-refractivity contribution < 1.29 is 4.79 Å². The molecule has 0 aliphatic heterocycles. The number of hydrogen-bond acceptors (Lipinski definition) is 2. The van der Waals surface area contributed by atoms with Crippen molar-refractivity contribution in [3.8, 4) is 0 Å². The number of hydrogen-bond donors (Lipinski definition) is 2. The largest absolute Gasteiger partial charge is 0.333 e. The maximum Gasteiger partial charge on any atom is 0.319 e. The zero-order valence-electron chi connectivity index (χ0n) is 12.2. The SMILES string of the molecule is Cn1c(CNC(=O)Nc2ccccc2)nc2c1CCCC2. The summed E-state index contributed by atoms with van der Waals surface area (Å²) in [5.74, 6) is 0.921. The van der Waals surface area contributed by atoms with E-state index >= 15 is 0 Å². The molecule has 3 rings (SSSR count). The third kappa shape index (κ3) is 3.07. The van der Waals surface area contributed by atoms with Crippen LogP contribution < -0.4 is 10.6 Å². The zero-order chi connectivity index (χ0) is 14.7. The average Bonchev–Trinajstić information content (AvgIpc) is 2.83. The van der Waals surface area contributed by atoms with Gasteiger partial charge in [-0.3, -0.25) is 0 Å². The van der Waals surface area contributed by atoms with Gasteiger partial charge in [0, 0.05) is 18.4 Å². The lowest BCUT2D eigenvalue weighted by molar-refractivity contribution is 0.251. The van der Waals surface area contributed by atoms with Crippen molar-refractivity contribution in [1.29, 1.82) is 0 Å². The van der Waals surface area contributed by atoms with Gasteiger partial charge in [-0.15, -0.1) is 0 Å². The number of aromatic nitrogens is 2. The van der Waals surface area contributed by atoms with Crippen LogP contribution in [0.5, 0.6) is 0 Å². The number of anilines is 1. The molecule has 1 heterocycles. The fraction of sp³-hybridized carbons (Fsp3) is 0.375. The van der Waals surface area contributed by atoms with Crippen LogP contribution in [-0.2, 0) is 26.4 Å². The van der Waals surface area contributed by atoms with Gasteiger partial charge in [0.05, 0.1) is 12.2 Å². The third-order valence-corrected chi connectivity index (χ3v) is 3.91. The van der Waals surface area contributed by atoms with Crippen molar-refractivity contribution in [1.82, 2.24) is 14.9 Å². The molecule has 0 unspecified atom stereocenters. The molecule has 0 fully saturated rings. The molecule has 2 N–H and O–H groups in total. The fourth-order valence-electron chi connectivity index (χ4n) is 2.76. The quantitative estimate of drug-likeness (QED) is 0.910. The van der Waals surface area contributed by atoms with E-state index in [1.807, 2.05) is 37.4 Å². The predicted octanol–water partition coefficient (Wildman–Crippen LogP) is 2.62. The topological polar surface area (TPSA) is 59.0 Å². The maximum absolute atomic E-state index is 11.9. The Morgan fingerprint density at radius 3 is 2.76 bits per heavy atom. The van der Waals surface area contributed by atoms with Gasteiger partial charge < -0.3 is 15.2 Å². The number of fused-ring (bicyclic) bond motifs is 1. The van der Waals surface area contributed by atoms with E-state index < -0.39 is 0 Å². The van der Waals surface area contributed by atoms with E-state index in [2.05, 4.69) is 20.2 Å². The molecule has 5 heteroatoms. The van der Waals surface area contributed by atoms with Crippen molar-refractivity contribution in [2.45, 2.75) is 32.2 Å². The highest BCUT2D eigenvalue weighted by Crippen LogP contribution is 2.21. The van der Waals surface area contributed by atoms with E-state index in [-0.39, 0.29) is 6.03 Å². The highest BCUT2D eigenvalue weighted by atomic mass is 16.2. The molecule has 1 aromatic carbocycles. The summed E-state index contributed by atoms with van der Waals surface area (Å²) in [6, 6.07) is 9.21. The molecule has 21 heavy (non-hydrogen) atoms. The van der Waals surface area contributed by atoms with Crippen LogP contribution in [0.1, 0.15) is 30.1 Å². The van der Waals surface area contributed by atoms with Gasteiger partial charge in [0.15, 0.2) is 0 Å². The number of amides is 2. The van der Waals surface area contributed by atoms with E-state index in [0.29, 0.717) is 6.54 Å². The first-order valence-electron chi connectivity index (χ1n) is 7.37. The summed E-state index contributed by atoms with van der Waals surface area (Å²) in [5.41, 5.74) is 3.31. The molecule has 0 radical (unpaired) electrons. The smallest absolute Gasteiger partial charge is 0.319 e. The van der Waals surface area contributed by atoms with E-state index in [1.54, 1.807) is 0 Å². The molecule has 0 saturated heterocycles. The Morgan fingerprint density at radius 2 is 2.00 bits per heavy atom. The lowest BCUT2D eigenvalue weighted by atomic mass is 10.0. The van der Waals surface area contributed by atoms with Gasteiger partial charge in [0.25, 0.3) is 0 Å². The van der Waals surface area contributed by atoms with Crippen LogP contribution in [0, 0.1) is 0 Å². The molecule has 0 atom stereocenters.